The lowest BCUT2D eigenvalue weighted by molar-refractivity contribution is -0.152. The van der Waals surface area contributed by atoms with Crippen molar-refractivity contribution in [1.29, 1.82) is 0 Å². The van der Waals surface area contributed by atoms with E-state index in [0.717, 1.165) is 30.2 Å². The van der Waals surface area contributed by atoms with Crippen molar-refractivity contribution < 1.29 is 19.1 Å². The second-order valence-electron chi connectivity index (χ2n) is 10.8. The smallest absolute Gasteiger partial charge is 0.326 e. The average Bonchev–Trinajstić information content (AvgIpc) is 3.29. The van der Waals surface area contributed by atoms with Crippen LogP contribution in [-0.2, 0) is 14.3 Å². The third kappa shape index (κ3) is 4.05. The van der Waals surface area contributed by atoms with Gasteiger partial charge in [0, 0.05) is 33.6 Å². The molecule has 0 radical (unpaired) electrons. The van der Waals surface area contributed by atoms with E-state index in [1.54, 1.807) is 18.3 Å². The monoisotopic (exact) mass is 470 g/mol. The predicted molar refractivity (Wildman–Crippen MR) is 132 cm³/mol. The Hall–Kier alpha value is -3.41. The minimum absolute atomic E-state index is 0.0206. The van der Waals surface area contributed by atoms with Crippen LogP contribution in [0.15, 0.2) is 60.8 Å². The largest absolute Gasteiger partial charge is 0.448 e. The van der Waals surface area contributed by atoms with Gasteiger partial charge in [0.05, 0.1) is 0 Å². The van der Waals surface area contributed by atoms with Crippen LogP contribution in [0.3, 0.4) is 0 Å². The Morgan fingerprint density at radius 2 is 1.54 bits per heavy atom. The minimum Gasteiger partial charge on any atom is -0.448 e. The number of carbonyl (C=O) groups is 3. The molecule has 0 saturated heterocycles. The van der Waals surface area contributed by atoms with Gasteiger partial charge in [-0.25, -0.2) is 0 Å². The molecule has 1 aromatic heterocycles. The van der Waals surface area contributed by atoms with Crippen LogP contribution in [0.4, 0.5) is 0 Å². The summed E-state index contributed by atoms with van der Waals surface area (Å²) in [4.78, 5) is 42.8. The molecule has 180 valence electrons. The number of amides is 1. The first-order chi connectivity index (χ1) is 17.0. The molecule has 4 fully saturated rings. The summed E-state index contributed by atoms with van der Waals surface area (Å²) in [5.74, 6) is 1.02. The lowest BCUT2D eigenvalue weighted by atomic mass is 9.49. The van der Waals surface area contributed by atoms with E-state index in [-0.39, 0.29) is 23.7 Å². The Kier molecular flexibility index (Phi) is 5.47. The van der Waals surface area contributed by atoms with E-state index in [1.807, 2.05) is 42.5 Å². The number of Topliss-reactive ketones (excluding diaryl/α,β-unsaturated/α-hetero) is 1. The second-order valence-corrected chi connectivity index (χ2v) is 10.8. The summed E-state index contributed by atoms with van der Waals surface area (Å²) in [6.45, 7) is -0.231. The molecule has 2 N–H and O–H groups in total. The Labute approximate surface area is 204 Å². The van der Waals surface area contributed by atoms with Crippen molar-refractivity contribution in [1.82, 2.24) is 10.3 Å². The highest BCUT2D eigenvalue weighted by Crippen LogP contribution is 2.60. The number of fused-ring (bicyclic) bond motifs is 1. The Balaban J connectivity index is 1.17. The summed E-state index contributed by atoms with van der Waals surface area (Å²) < 4.78 is 5.72. The lowest BCUT2D eigenvalue weighted by Gasteiger charge is -2.55. The molecule has 1 amide bonds. The second kappa shape index (κ2) is 8.67. The average molecular weight is 471 g/mol. The number of para-hydroxylation sites is 1. The fraction of sp³-hybridized carbons (Fsp3) is 0.414. The van der Waals surface area contributed by atoms with E-state index < -0.39 is 12.1 Å². The van der Waals surface area contributed by atoms with Crippen molar-refractivity contribution in [2.24, 2.45) is 23.2 Å². The van der Waals surface area contributed by atoms with Crippen LogP contribution in [0.25, 0.3) is 10.9 Å². The van der Waals surface area contributed by atoms with E-state index >= 15 is 0 Å². The van der Waals surface area contributed by atoms with Gasteiger partial charge >= 0.3 is 5.97 Å². The van der Waals surface area contributed by atoms with Crippen LogP contribution < -0.4 is 5.32 Å². The third-order valence-corrected chi connectivity index (χ3v) is 8.36. The number of hydrogen-bond acceptors (Lipinski definition) is 4. The fourth-order valence-electron chi connectivity index (χ4n) is 7.22. The van der Waals surface area contributed by atoms with Gasteiger partial charge in [0.25, 0.3) is 0 Å². The number of benzene rings is 2. The maximum Gasteiger partial charge on any atom is 0.326 e. The van der Waals surface area contributed by atoms with Gasteiger partial charge < -0.3 is 15.0 Å². The number of esters is 1. The van der Waals surface area contributed by atoms with Crippen molar-refractivity contribution in [2.45, 2.75) is 44.6 Å². The molecule has 0 spiro atoms. The van der Waals surface area contributed by atoms with Crippen LogP contribution in [0, 0.1) is 23.2 Å². The van der Waals surface area contributed by atoms with Crippen molar-refractivity contribution in [3.63, 3.8) is 0 Å². The zero-order valence-electron chi connectivity index (χ0n) is 19.7. The first-order valence-electron chi connectivity index (χ1n) is 12.6. The molecule has 4 aliphatic rings. The molecule has 1 heterocycles. The first kappa shape index (κ1) is 22.1. The lowest BCUT2D eigenvalue weighted by Crippen LogP contribution is -2.54. The Morgan fingerprint density at radius 3 is 2.23 bits per heavy atom. The molecule has 6 heteroatoms. The van der Waals surface area contributed by atoms with Crippen LogP contribution in [-0.4, -0.2) is 29.2 Å². The summed E-state index contributed by atoms with van der Waals surface area (Å²) in [5, 5.41) is 3.65. The number of rotatable bonds is 7. The highest BCUT2D eigenvalue weighted by molar-refractivity contribution is 6.10. The number of H-pyrrole nitrogens is 1. The molecule has 6 nitrogen and oxygen atoms in total. The molecule has 7 rings (SSSR count). The zero-order chi connectivity index (χ0) is 24.0. The number of aromatic nitrogens is 1. The predicted octanol–water partition coefficient (Wildman–Crippen LogP) is 4.97. The third-order valence-electron chi connectivity index (χ3n) is 8.36. The maximum absolute atomic E-state index is 13.5. The number of nitrogens with one attached hydrogen (secondary N) is 2. The quantitative estimate of drug-likeness (QED) is 0.377. The molecular formula is C29H30N2O4. The summed E-state index contributed by atoms with van der Waals surface area (Å²) in [6.07, 6.45) is 7.14. The molecule has 4 aliphatic carbocycles. The van der Waals surface area contributed by atoms with Gasteiger partial charge in [0.1, 0.15) is 6.54 Å². The Morgan fingerprint density at radius 1 is 0.914 bits per heavy atom. The van der Waals surface area contributed by atoms with E-state index in [1.165, 1.54) is 19.3 Å². The van der Waals surface area contributed by atoms with E-state index in [4.69, 9.17) is 4.74 Å². The molecule has 1 unspecified atom stereocenters. The van der Waals surface area contributed by atoms with E-state index in [0.29, 0.717) is 28.9 Å². The summed E-state index contributed by atoms with van der Waals surface area (Å²) in [5.41, 5.74) is 1.59. The molecule has 2 aromatic carbocycles. The Bertz CT molecular complexity index is 1240. The van der Waals surface area contributed by atoms with Crippen molar-refractivity contribution in [3.8, 4) is 0 Å². The maximum atomic E-state index is 13.5. The number of carbonyl (C=O) groups excluding carboxylic acids is 3. The topological polar surface area (TPSA) is 88.3 Å². The highest BCUT2D eigenvalue weighted by Gasteiger charge is 2.54. The molecule has 4 saturated carbocycles. The van der Waals surface area contributed by atoms with Gasteiger partial charge in [-0.3, -0.25) is 14.4 Å². The zero-order valence-corrected chi connectivity index (χ0v) is 19.7. The van der Waals surface area contributed by atoms with Gasteiger partial charge in [0.15, 0.2) is 6.10 Å². The highest BCUT2D eigenvalue weighted by atomic mass is 16.5. The van der Waals surface area contributed by atoms with Crippen LogP contribution in [0.5, 0.6) is 0 Å². The van der Waals surface area contributed by atoms with E-state index in [9.17, 15) is 14.4 Å². The molecule has 35 heavy (non-hydrogen) atoms. The SMILES string of the molecule is O=C(CNC(=O)C12CC3CC(CC(C3)C1)C2)OC(C(=O)c1c[nH]c2ccccc12)c1ccccc1. The summed E-state index contributed by atoms with van der Waals surface area (Å²) in [6, 6.07) is 16.6. The standard InChI is InChI=1S/C29H30N2O4/c32-25(17-31-28(34)29-13-18-10-19(14-29)12-20(11-18)15-29)35-27(21-6-2-1-3-7-21)26(33)23-16-30-24-9-5-4-8-22(23)24/h1-9,16,18-20,27,30H,10-15,17H2,(H,31,34). The molecule has 4 bridgehead atoms. The van der Waals surface area contributed by atoms with Gasteiger partial charge in [-0.05, 0) is 62.3 Å². The molecule has 3 aromatic rings. The molecule has 0 aliphatic heterocycles. The van der Waals surface area contributed by atoms with Gasteiger partial charge in [-0.1, -0.05) is 48.5 Å². The summed E-state index contributed by atoms with van der Waals surface area (Å²) >= 11 is 0. The summed E-state index contributed by atoms with van der Waals surface area (Å²) in [7, 11) is 0. The van der Waals surface area contributed by atoms with Crippen LogP contribution in [0.2, 0.25) is 0 Å². The number of ether oxygens (including phenoxy) is 1. The van der Waals surface area contributed by atoms with Crippen molar-refractivity contribution in [3.05, 3.63) is 71.9 Å². The van der Waals surface area contributed by atoms with Gasteiger partial charge in [0.2, 0.25) is 11.7 Å². The van der Waals surface area contributed by atoms with Gasteiger partial charge in [-0.2, -0.15) is 0 Å². The number of ketones is 1. The van der Waals surface area contributed by atoms with E-state index in [2.05, 4.69) is 10.3 Å². The molecular weight excluding hydrogens is 440 g/mol. The first-order valence-corrected chi connectivity index (χ1v) is 12.6. The van der Waals surface area contributed by atoms with Crippen molar-refractivity contribution in [2.75, 3.05) is 6.54 Å². The van der Waals surface area contributed by atoms with Crippen LogP contribution in [0.1, 0.15) is 60.6 Å². The number of hydrogen-bond donors (Lipinski definition) is 2. The van der Waals surface area contributed by atoms with Crippen molar-refractivity contribution >= 4 is 28.6 Å². The fourth-order valence-corrected chi connectivity index (χ4v) is 7.22. The molecule has 1 atom stereocenters. The minimum atomic E-state index is -1.08. The van der Waals surface area contributed by atoms with Gasteiger partial charge in [-0.15, -0.1) is 0 Å². The number of aromatic amines is 1. The normalized spacial score (nSPS) is 27.5. The van der Waals surface area contributed by atoms with Crippen LogP contribution >= 0.6 is 0 Å².